The second-order valence-corrected chi connectivity index (χ2v) is 9.40. The summed E-state index contributed by atoms with van der Waals surface area (Å²) in [5.41, 5.74) is 3.06. The van der Waals surface area contributed by atoms with Gasteiger partial charge in [0.15, 0.2) is 0 Å². The third-order valence-electron chi connectivity index (χ3n) is 6.38. The Morgan fingerprint density at radius 3 is 2.06 bits per heavy atom. The summed E-state index contributed by atoms with van der Waals surface area (Å²) in [6.07, 6.45) is 2.16. The van der Waals surface area contributed by atoms with Crippen molar-refractivity contribution < 1.29 is 19.1 Å². The van der Waals surface area contributed by atoms with Crippen molar-refractivity contribution >= 4 is 17.8 Å². The van der Waals surface area contributed by atoms with Crippen LogP contribution in [-0.2, 0) is 17.8 Å². The van der Waals surface area contributed by atoms with Crippen molar-refractivity contribution in [3.05, 3.63) is 70.8 Å². The van der Waals surface area contributed by atoms with Crippen molar-refractivity contribution in [3.8, 4) is 0 Å². The maximum atomic E-state index is 12.8. The highest BCUT2D eigenvalue weighted by molar-refractivity contribution is 5.95. The fourth-order valence-electron chi connectivity index (χ4n) is 4.64. The number of benzene rings is 2. The summed E-state index contributed by atoms with van der Waals surface area (Å²) in [6, 6.07) is 14.4. The van der Waals surface area contributed by atoms with Crippen molar-refractivity contribution in [3.63, 3.8) is 0 Å². The van der Waals surface area contributed by atoms with Gasteiger partial charge in [-0.15, -0.1) is 0 Å². The Hall–Kier alpha value is -3.39. The lowest BCUT2D eigenvalue weighted by Crippen LogP contribution is -2.48. The average Bonchev–Trinajstić information content (AvgIpc) is 3.40. The molecule has 2 aromatic carbocycles. The Balaban J connectivity index is 1.23. The molecule has 2 heterocycles. The first-order valence-electron chi connectivity index (χ1n) is 12.3. The molecule has 2 aliphatic rings. The molecule has 2 aromatic rings. The van der Waals surface area contributed by atoms with Crippen molar-refractivity contribution in [1.82, 2.24) is 20.4 Å². The third-order valence-corrected chi connectivity index (χ3v) is 6.38. The Morgan fingerprint density at radius 1 is 0.800 bits per heavy atom. The van der Waals surface area contributed by atoms with Crippen LogP contribution in [0.4, 0.5) is 4.79 Å². The van der Waals surface area contributed by atoms with E-state index in [1.165, 1.54) is 0 Å². The molecule has 2 unspecified atom stereocenters. The fraction of sp³-hybridized carbons (Fsp3) is 0.444. The van der Waals surface area contributed by atoms with Gasteiger partial charge >= 0.3 is 6.03 Å². The zero-order valence-electron chi connectivity index (χ0n) is 20.5. The number of amides is 4. The van der Waals surface area contributed by atoms with Gasteiger partial charge in [-0.2, -0.15) is 0 Å². The number of nitrogens with one attached hydrogen (secondary N) is 2. The second-order valence-electron chi connectivity index (χ2n) is 9.40. The third kappa shape index (κ3) is 6.60. The first-order chi connectivity index (χ1) is 16.9. The molecule has 0 saturated carbocycles. The van der Waals surface area contributed by atoms with Gasteiger partial charge in [0.1, 0.15) is 0 Å². The number of carbonyl (C=O) groups excluding carboxylic acids is 3. The maximum Gasteiger partial charge on any atom is 0.315 e. The molecule has 2 atom stereocenters. The van der Waals surface area contributed by atoms with Gasteiger partial charge < -0.3 is 25.2 Å². The monoisotopic (exact) mass is 478 g/mol. The normalized spacial score (nSPS) is 19.9. The minimum absolute atomic E-state index is 0.00491. The van der Waals surface area contributed by atoms with Crippen molar-refractivity contribution in [2.45, 2.75) is 52.0 Å². The summed E-state index contributed by atoms with van der Waals surface area (Å²) in [7, 11) is 0. The van der Waals surface area contributed by atoms with Crippen LogP contribution in [0.5, 0.6) is 0 Å². The molecule has 0 bridgehead atoms. The molecule has 4 rings (SSSR count). The fourth-order valence-corrected chi connectivity index (χ4v) is 4.64. The molecular weight excluding hydrogens is 444 g/mol. The van der Waals surface area contributed by atoms with Gasteiger partial charge in [-0.1, -0.05) is 24.3 Å². The van der Waals surface area contributed by atoms with Gasteiger partial charge in [-0.25, -0.2) is 4.79 Å². The minimum Gasteiger partial charge on any atom is -0.372 e. The van der Waals surface area contributed by atoms with E-state index in [4.69, 9.17) is 4.74 Å². The molecule has 2 N–H and O–H groups in total. The molecule has 2 fully saturated rings. The number of morpholine rings is 1. The number of urea groups is 1. The topological polar surface area (TPSA) is 91.0 Å². The van der Waals surface area contributed by atoms with Crippen LogP contribution in [0.1, 0.15) is 58.5 Å². The highest BCUT2D eigenvalue weighted by Gasteiger charge is 2.26. The predicted octanol–water partition coefficient (Wildman–Crippen LogP) is 3.17. The summed E-state index contributed by atoms with van der Waals surface area (Å²) >= 11 is 0. The van der Waals surface area contributed by atoms with Gasteiger partial charge in [0, 0.05) is 50.4 Å². The van der Waals surface area contributed by atoms with E-state index in [1.54, 1.807) is 12.1 Å². The lowest BCUT2D eigenvalue weighted by atomic mass is 10.1. The molecule has 186 valence electrons. The Bertz CT molecular complexity index is 1040. The van der Waals surface area contributed by atoms with E-state index in [0.29, 0.717) is 37.3 Å². The standard InChI is InChI=1S/C27H34N4O4/c1-19-17-31(18-20(2)35-19)25(32)23-10-8-21(9-11-23)15-28-27(34)29-16-22-6-5-7-24(14-22)26(33)30-12-3-4-13-30/h5-11,14,19-20H,3-4,12-13,15-18H2,1-2H3,(H2,28,29,34). The van der Waals surface area contributed by atoms with Crippen LogP contribution in [0, 0.1) is 0 Å². The maximum absolute atomic E-state index is 12.8. The van der Waals surface area contributed by atoms with Gasteiger partial charge in [0.2, 0.25) is 0 Å². The van der Waals surface area contributed by atoms with Gasteiger partial charge in [0.25, 0.3) is 11.8 Å². The summed E-state index contributed by atoms with van der Waals surface area (Å²) in [6.45, 7) is 7.41. The zero-order valence-corrected chi connectivity index (χ0v) is 20.5. The molecular formula is C27H34N4O4. The summed E-state index contributed by atoms with van der Waals surface area (Å²) < 4.78 is 5.70. The smallest absolute Gasteiger partial charge is 0.315 e. The van der Waals surface area contributed by atoms with Crippen LogP contribution >= 0.6 is 0 Å². The highest BCUT2D eigenvalue weighted by Crippen LogP contribution is 2.16. The Morgan fingerprint density at radius 2 is 1.40 bits per heavy atom. The average molecular weight is 479 g/mol. The summed E-state index contributed by atoms with van der Waals surface area (Å²) in [4.78, 5) is 41.4. The van der Waals surface area contributed by atoms with E-state index in [1.807, 2.05) is 60.0 Å². The van der Waals surface area contributed by atoms with E-state index >= 15 is 0 Å². The number of carbonyl (C=O) groups is 3. The van der Waals surface area contributed by atoms with Crippen molar-refractivity contribution in [2.24, 2.45) is 0 Å². The van der Waals surface area contributed by atoms with E-state index in [2.05, 4.69) is 10.6 Å². The molecule has 35 heavy (non-hydrogen) atoms. The molecule has 2 aliphatic heterocycles. The number of hydrogen-bond donors (Lipinski definition) is 2. The second kappa shape index (κ2) is 11.4. The summed E-state index contributed by atoms with van der Waals surface area (Å²) in [5, 5.41) is 5.68. The molecule has 0 radical (unpaired) electrons. The summed E-state index contributed by atoms with van der Waals surface area (Å²) in [5.74, 6) is 0.0445. The van der Waals surface area contributed by atoms with Crippen molar-refractivity contribution in [2.75, 3.05) is 26.2 Å². The number of hydrogen-bond acceptors (Lipinski definition) is 4. The number of nitrogens with zero attached hydrogens (tertiary/aromatic N) is 2. The van der Waals surface area contributed by atoms with Crippen LogP contribution < -0.4 is 10.6 Å². The van der Waals surface area contributed by atoms with Crippen LogP contribution in [0.2, 0.25) is 0 Å². The molecule has 2 saturated heterocycles. The Kier molecular flexibility index (Phi) is 8.02. The first kappa shape index (κ1) is 24.7. The molecule has 0 aliphatic carbocycles. The zero-order chi connectivity index (χ0) is 24.8. The highest BCUT2D eigenvalue weighted by atomic mass is 16.5. The molecule has 8 nitrogen and oxygen atoms in total. The molecule has 4 amide bonds. The van der Waals surface area contributed by atoms with Crippen LogP contribution in [-0.4, -0.2) is 66.0 Å². The number of ether oxygens (including phenoxy) is 1. The van der Waals surface area contributed by atoms with Gasteiger partial charge in [0.05, 0.1) is 12.2 Å². The first-order valence-corrected chi connectivity index (χ1v) is 12.3. The number of rotatable bonds is 6. The lowest BCUT2D eigenvalue weighted by molar-refractivity contribution is -0.0586. The van der Waals surface area contributed by atoms with Crippen LogP contribution in [0.25, 0.3) is 0 Å². The largest absolute Gasteiger partial charge is 0.372 e. The van der Waals surface area contributed by atoms with E-state index < -0.39 is 0 Å². The minimum atomic E-state index is -0.294. The quantitative estimate of drug-likeness (QED) is 0.667. The molecule has 8 heteroatoms. The lowest BCUT2D eigenvalue weighted by Gasteiger charge is -2.35. The predicted molar refractivity (Wildman–Crippen MR) is 133 cm³/mol. The molecule has 0 aromatic heterocycles. The van der Waals surface area contributed by atoms with Crippen LogP contribution in [0.3, 0.4) is 0 Å². The van der Waals surface area contributed by atoms with E-state index in [9.17, 15) is 14.4 Å². The van der Waals surface area contributed by atoms with Crippen LogP contribution in [0.15, 0.2) is 48.5 Å². The Labute approximate surface area is 206 Å². The van der Waals surface area contributed by atoms with Crippen molar-refractivity contribution in [1.29, 1.82) is 0 Å². The number of likely N-dealkylation sites (tertiary alicyclic amines) is 1. The van der Waals surface area contributed by atoms with Gasteiger partial charge in [-0.05, 0) is 62.1 Å². The van der Waals surface area contributed by atoms with Gasteiger partial charge in [-0.3, -0.25) is 9.59 Å². The molecule has 0 spiro atoms. The van der Waals surface area contributed by atoms with E-state index in [0.717, 1.165) is 37.1 Å². The SMILES string of the molecule is CC1CN(C(=O)c2ccc(CNC(=O)NCc3cccc(C(=O)N4CCCC4)c3)cc2)CC(C)O1. The van der Waals surface area contributed by atoms with E-state index in [-0.39, 0.29) is 30.1 Å².